The number of pyridine rings is 1. The molecule has 35 heavy (non-hydrogen) atoms. The number of carbonyl (C=O) groups is 1. The van der Waals surface area contributed by atoms with E-state index in [1.807, 2.05) is 19.1 Å². The zero-order valence-corrected chi connectivity index (χ0v) is 20.6. The van der Waals surface area contributed by atoms with Crippen molar-refractivity contribution in [3.63, 3.8) is 0 Å². The number of fused-ring (bicyclic) bond motifs is 1. The Morgan fingerprint density at radius 3 is 2.94 bits per heavy atom. The molecule has 10 nitrogen and oxygen atoms in total. The van der Waals surface area contributed by atoms with Crippen LogP contribution in [0.2, 0.25) is 5.02 Å². The minimum atomic E-state index is -0.862. The van der Waals surface area contributed by atoms with Crippen LogP contribution < -0.4 is 4.74 Å². The van der Waals surface area contributed by atoms with Crippen LogP contribution in [0.4, 0.5) is 4.79 Å². The first-order chi connectivity index (χ1) is 17.0. The molecule has 0 aliphatic carbocycles. The highest BCUT2D eigenvalue weighted by atomic mass is 35.5. The first-order valence-electron chi connectivity index (χ1n) is 11.7. The average molecular weight is 505 g/mol. The Balaban J connectivity index is 1.38. The summed E-state index contributed by atoms with van der Waals surface area (Å²) in [5, 5.41) is 17.9. The number of carbonyl (C=O) groups excluding carboxylic acids is 1. The SMILES string of the molecule is CCCCO/N=[N+](\[O-])N1CCC[C@H]1COC(=O)Oc1c(C)ncc2c1CO[C@H]2c1ccc(Cl)cc1. The van der Waals surface area contributed by atoms with Crippen molar-refractivity contribution in [3.8, 4) is 5.75 Å². The molecule has 0 bridgehead atoms. The van der Waals surface area contributed by atoms with E-state index in [1.165, 1.54) is 5.01 Å². The highest BCUT2D eigenvalue weighted by Crippen LogP contribution is 2.41. The van der Waals surface area contributed by atoms with Crippen LogP contribution in [-0.4, -0.2) is 46.9 Å². The van der Waals surface area contributed by atoms with E-state index in [1.54, 1.807) is 25.3 Å². The number of aryl methyl sites for hydroxylation is 1. The average Bonchev–Trinajstić information content (AvgIpc) is 3.50. The molecule has 0 amide bonds. The monoisotopic (exact) mass is 504 g/mol. The van der Waals surface area contributed by atoms with Gasteiger partial charge in [-0.2, -0.15) is 0 Å². The zero-order chi connectivity index (χ0) is 24.8. The molecule has 2 aliphatic heterocycles. The van der Waals surface area contributed by atoms with Gasteiger partial charge >= 0.3 is 6.16 Å². The lowest BCUT2D eigenvalue weighted by molar-refractivity contribution is -0.714. The number of unbranched alkanes of at least 4 members (excludes halogenated alkanes) is 1. The highest BCUT2D eigenvalue weighted by Gasteiger charge is 2.34. The summed E-state index contributed by atoms with van der Waals surface area (Å²) in [6, 6.07) is 7.08. The Kier molecular flexibility index (Phi) is 8.25. The molecular weight excluding hydrogens is 476 g/mol. The quantitative estimate of drug-likeness (QED) is 0.150. The molecule has 188 valence electrons. The number of nitrogens with zero attached hydrogens (tertiary/aromatic N) is 4. The summed E-state index contributed by atoms with van der Waals surface area (Å²) in [6.07, 6.45) is 3.79. The normalized spacial score (nSPS) is 19.5. The van der Waals surface area contributed by atoms with E-state index in [0.717, 1.165) is 36.0 Å². The second kappa shape index (κ2) is 11.5. The lowest BCUT2D eigenvalue weighted by atomic mass is 10.0. The van der Waals surface area contributed by atoms with Crippen molar-refractivity contribution in [3.05, 3.63) is 63.1 Å². The third kappa shape index (κ3) is 5.94. The number of hydrazine groups is 1. The van der Waals surface area contributed by atoms with E-state index in [2.05, 4.69) is 10.3 Å². The van der Waals surface area contributed by atoms with Gasteiger partial charge in [0.05, 0.1) is 23.8 Å². The van der Waals surface area contributed by atoms with Gasteiger partial charge in [0.25, 0.3) is 0 Å². The van der Waals surface area contributed by atoms with Crippen LogP contribution in [0.5, 0.6) is 5.75 Å². The summed E-state index contributed by atoms with van der Waals surface area (Å²) in [5.74, 6) is 0.331. The zero-order valence-electron chi connectivity index (χ0n) is 19.8. The van der Waals surface area contributed by atoms with Gasteiger partial charge in [0.2, 0.25) is 5.28 Å². The number of benzene rings is 1. The Morgan fingerprint density at radius 2 is 2.17 bits per heavy atom. The Labute approximate surface area is 208 Å². The summed E-state index contributed by atoms with van der Waals surface area (Å²) < 4.78 is 16.9. The molecule has 1 fully saturated rings. The molecule has 0 radical (unpaired) electrons. The van der Waals surface area contributed by atoms with Gasteiger partial charge in [-0.1, -0.05) is 37.1 Å². The number of rotatable bonds is 9. The molecule has 0 N–H and O–H groups in total. The second-order valence-electron chi connectivity index (χ2n) is 8.49. The van der Waals surface area contributed by atoms with Crippen LogP contribution in [0.15, 0.2) is 35.7 Å². The largest absolute Gasteiger partial charge is 0.569 e. The predicted octanol–water partition coefficient (Wildman–Crippen LogP) is 5.25. The van der Waals surface area contributed by atoms with Gasteiger partial charge in [-0.05, 0) is 43.9 Å². The van der Waals surface area contributed by atoms with Crippen molar-refractivity contribution in [2.24, 2.45) is 5.28 Å². The van der Waals surface area contributed by atoms with Crippen molar-refractivity contribution >= 4 is 17.8 Å². The third-order valence-electron chi connectivity index (χ3n) is 6.06. The highest BCUT2D eigenvalue weighted by molar-refractivity contribution is 6.30. The van der Waals surface area contributed by atoms with E-state index in [0.29, 0.717) is 41.0 Å². The van der Waals surface area contributed by atoms with E-state index < -0.39 is 6.16 Å². The summed E-state index contributed by atoms with van der Waals surface area (Å²) in [6.45, 7) is 4.94. The fraction of sp³-hybridized carbons (Fsp3) is 0.500. The van der Waals surface area contributed by atoms with Gasteiger partial charge in [0.1, 0.15) is 25.4 Å². The molecule has 0 spiro atoms. The van der Waals surface area contributed by atoms with Gasteiger partial charge in [-0.25, -0.2) is 4.79 Å². The molecule has 4 rings (SSSR count). The van der Waals surface area contributed by atoms with Crippen molar-refractivity contribution in [2.45, 2.75) is 58.3 Å². The number of hydrogen-bond acceptors (Lipinski definition) is 8. The van der Waals surface area contributed by atoms with Crippen LogP contribution in [0, 0.1) is 12.1 Å². The maximum Gasteiger partial charge on any atom is 0.513 e. The lowest BCUT2D eigenvalue weighted by Crippen LogP contribution is -2.39. The van der Waals surface area contributed by atoms with Crippen LogP contribution >= 0.6 is 11.6 Å². The molecule has 0 saturated carbocycles. The first kappa shape index (κ1) is 25.0. The molecule has 0 unspecified atom stereocenters. The minimum Gasteiger partial charge on any atom is -0.569 e. The number of halogens is 1. The molecule has 11 heteroatoms. The summed E-state index contributed by atoms with van der Waals surface area (Å²) in [7, 11) is 0. The topological polar surface area (TPSA) is 109 Å². The maximum absolute atomic E-state index is 12.5. The van der Waals surface area contributed by atoms with Crippen molar-refractivity contribution in [2.75, 3.05) is 19.8 Å². The molecule has 2 atom stereocenters. The summed E-state index contributed by atoms with van der Waals surface area (Å²) in [4.78, 5) is 22.4. The smallest absolute Gasteiger partial charge is 0.513 e. The van der Waals surface area contributed by atoms with Gasteiger partial charge in [-0.3, -0.25) is 4.98 Å². The summed E-state index contributed by atoms with van der Waals surface area (Å²) >= 11 is 6.00. The minimum absolute atomic E-state index is 0.00649. The van der Waals surface area contributed by atoms with Crippen LogP contribution in [0.1, 0.15) is 61.1 Å². The predicted molar refractivity (Wildman–Crippen MR) is 126 cm³/mol. The van der Waals surface area contributed by atoms with E-state index in [4.69, 9.17) is 30.6 Å². The Hall–Kier alpha value is -3.11. The van der Waals surface area contributed by atoms with Crippen LogP contribution in [0.25, 0.3) is 0 Å². The molecule has 1 aromatic carbocycles. The molecule has 2 aliphatic rings. The van der Waals surface area contributed by atoms with Gasteiger partial charge in [0.15, 0.2) is 5.75 Å². The van der Waals surface area contributed by atoms with E-state index in [9.17, 15) is 10.0 Å². The number of aromatic nitrogens is 1. The second-order valence-corrected chi connectivity index (χ2v) is 8.93. The molecule has 3 heterocycles. The Morgan fingerprint density at radius 1 is 1.37 bits per heavy atom. The van der Waals surface area contributed by atoms with E-state index >= 15 is 0 Å². The maximum atomic E-state index is 12.5. The number of ether oxygens (including phenoxy) is 3. The molecule has 2 aromatic rings. The van der Waals surface area contributed by atoms with Crippen molar-refractivity contribution < 1.29 is 28.8 Å². The standard InChI is InChI=1S/C24H29ClN4O6/c1-3-4-12-34-27-29(31)28-11-5-6-19(28)14-33-24(30)35-22-16(2)26-13-20-21(22)15-32-23(20)17-7-9-18(25)10-8-17/h7-10,13,19,23H,3-6,11-12,14-15H2,1-2H3/b29-27-/t19-,23-/m0/s1. The van der Waals surface area contributed by atoms with Crippen molar-refractivity contribution in [1.29, 1.82) is 0 Å². The van der Waals surface area contributed by atoms with E-state index in [-0.39, 0.29) is 25.4 Å². The molecule has 1 saturated heterocycles. The van der Waals surface area contributed by atoms with Gasteiger partial charge in [-0.15, -0.1) is 5.01 Å². The van der Waals surface area contributed by atoms with Crippen LogP contribution in [-0.2, 0) is 20.9 Å². The lowest BCUT2D eigenvalue weighted by Gasteiger charge is -2.20. The fourth-order valence-electron chi connectivity index (χ4n) is 4.17. The third-order valence-corrected chi connectivity index (χ3v) is 6.31. The number of hydrogen-bond donors (Lipinski definition) is 0. The van der Waals surface area contributed by atoms with Crippen molar-refractivity contribution in [1.82, 2.24) is 9.99 Å². The fourth-order valence-corrected chi connectivity index (χ4v) is 4.30. The summed E-state index contributed by atoms with van der Waals surface area (Å²) in [5.41, 5.74) is 3.07. The Bertz CT molecular complexity index is 1060. The van der Waals surface area contributed by atoms with Gasteiger partial charge < -0.3 is 24.3 Å². The molecular formula is C24H29ClN4O6. The molecule has 1 aromatic heterocycles. The first-order valence-corrected chi connectivity index (χ1v) is 12.1. The van der Waals surface area contributed by atoms with Gasteiger partial charge in [0, 0.05) is 22.3 Å². The van der Waals surface area contributed by atoms with Crippen LogP contribution in [0.3, 0.4) is 0 Å².